The SMILES string of the molecule is COc1cc(CN(C(=O)Cc2ccc(F)cc2)[C@H]2CCCCNC2=O)cc(OC)c1OCCc1ccsc1. The summed E-state index contributed by atoms with van der Waals surface area (Å²) in [5.74, 6) is 0.722. The molecule has 0 bridgehead atoms. The van der Waals surface area contributed by atoms with Crippen LogP contribution in [0.5, 0.6) is 17.2 Å². The van der Waals surface area contributed by atoms with Crippen LogP contribution >= 0.6 is 11.3 Å². The number of ether oxygens (including phenoxy) is 3. The van der Waals surface area contributed by atoms with Crippen molar-refractivity contribution in [3.05, 3.63) is 75.7 Å². The summed E-state index contributed by atoms with van der Waals surface area (Å²) in [6, 6.07) is 10.9. The van der Waals surface area contributed by atoms with E-state index < -0.39 is 6.04 Å². The maximum Gasteiger partial charge on any atom is 0.242 e. The van der Waals surface area contributed by atoms with Crippen molar-refractivity contribution in [2.75, 3.05) is 27.4 Å². The molecule has 4 rings (SSSR count). The molecule has 0 unspecified atom stereocenters. The molecule has 0 spiro atoms. The molecule has 0 radical (unpaired) electrons. The highest BCUT2D eigenvalue weighted by Crippen LogP contribution is 2.39. The molecule has 9 heteroatoms. The molecule has 2 aromatic carbocycles. The lowest BCUT2D eigenvalue weighted by molar-refractivity contribution is -0.140. The number of hydrogen-bond donors (Lipinski definition) is 1. The zero-order chi connectivity index (χ0) is 26.9. The predicted molar refractivity (Wildman–Crippen MR) is 144 cm³/mol. The van der Waals surface area contributed by atoms with E-state index in [1.165, 1.54) is 17.7 Å². The van der Waals surface area contributed by atoms with Gasteiger partial charge in [-0.1, -0.05) is 12.1 Å². The van der Waals surface area contributed by atoms with Gasteiger partial charge in [-0.2, -0.15) is 11.3 Å². The number of thiophene rings is 1. The van der Waals surface area contributed by atoms with Gasteiger partial charge in [-0.3, -0.25) is 9.59 Å². The molecule has 1 saturated heterocycles. The second-order valence-electron chi connectivity index (χ2n) is 9.19. The van der Waals surface area contributed by atoms with Gasteiger partial charge in [0.2, 0.25) is 17.6 Å². The first-order valence-corrected chi connectivity index (χ1v) is 13.6. The van der Waals surface area contributed by atoms with Gasteiger partial charge >= 0.3 is 0 Å². The number of hydrogen-bond acceptors (Lipinski definition) is 6. The molecule has 2 heterocycles. The standard InChI is InChI=1S/C29H33FN2O5S/c1-35-25-15-22(16-26(36-2)28(25)37-13-10-21-11-14-38-19-21)18-32(24-5-3-4-12-31-29(24)34)27(33)17-20-6-8-23(30)9-7-20/h6-9,11,14-16,19,24H,3-5,10,12-13,17-18H2,1-2H3,(H,31,34)/t24-/m0/s1. The maximum absolute atomic E-state index is 13.6. The lowest BCUT2D eigenvalue weighted by Gasteiger charge is -2.30. The molecule has 1 atom stereocenters. The minimum Gasteiger partial charge on any atom is -0.493 e. The average molecular weight is 541 g/mol. The molecule has 1 aromatic heterocycles. The van der Waals surface area contributed by atoms with Crippen LogP contribution in [0.1, 0.15) is 36.0 Å². The van der Waals surface area contributed by atoms with Gasteiger partial charge in [-0.05, 0) is 77.0 Å². The fourth-order valence-electron chi connectivity index (χ4n) is 4.54. The van der Waals surface area contributed by atoms with Crippen LogP contribution in [-0.2, 0) is 29.0 Å². The van der Waals surface area contributed by atoms with Gasteiger partial charge in [-0.25, -0.2) is 4.39 Å². The number of rotatable bonds is 11. The smallest absolute Gasteiger partial charge is 0.242 e. The lowest BCUT2D eigenvalue weighted by Crippen LogP contribution is -2.48. The number of methoxy groups -OCH3 is 2. The highest BCUT2D eigenvalue weighted by Gasteiger charge is 2.31. The Kier molecular flexibility index (Phi) is 9.59. The van der Waals surface area contributed by atoms with Gasteiger partial charge < -0.3 is 24.4 Å². The van der Waals surface area contributed by atoms with Crippen LogP contribution in [-0.4, -0.2) is 50.1 Å². The molecule has 38 heavy (non-hydrogen) atoms. The zero-order valence-electron chi connectivity index (χ0n) is 21.7. The van der Waals surface area contributed by atoms with Gasteiger partial charge in [0, 0.05) is 19.5 Å². The molecule has 202 valence electrons. The third-order valence-corrected chi connectivity index (χ3v) is 7.29. The molecule has 0 aliphatic carbocycles. The number of carbonyl (C=O) groups excluding carboxylic acids is 2. The van der Waals surface area contributed by atoms with Crippen molar-refractivity contribution < 1.29 is 28.2 Å². The van der Waals surface area contributed by atoms with E-state index in [2.05, 4.69) is 16.8 Å². The minimum atomic E-state index is -0.607. The van der Waals surface area contributed by atoms with Gasteiger partial charge in [0.05, 0.1) is 27.2 Å². The van der Waals surface area contributed by atoms with Gasteiger partial charge in [0.15, 0.2) is 11.5 Å². The number of halogens is 1. The highest BCUT2D eigenvalue weighted by atomic mass is 32.1. The third-order valence-electron chi connectivity index (χ3n) is 6.56. The van der Waals surface area contributed by atoms with E-state index in [1.807, 2.05) is 17.5 Å². The molecule has 2 amide bonds. The van der Waals surface area contributed by atoms with E-state index in [0.29, 0.717) is 42.4 Å². The molecular formula is C29H33FN2O5S. The summed E-state index contributed by atoms with van der Waals surface area (Å²) in [7, 11) is 3.11. The van der Waals surface area contributed by atoms with Crippen LogP contribution in [0.2, 0.25) is 0 Å². The molecule has 1 N–H and O–H groups in total. The lowest BCUT2D eigenvalue weighted by atomic mass is 10.0. The molecular weight excluding hydrogens is 507 g/mol. The Morgan fingerprint density at radius 3 is 2.45 bits per heavy atom. The predicted octanol–water partition coefficient (Wildman–Crippen LogP) is 4.77. The van der Waals surface area contributed by atoms with E-state index in [0.717, 1.165) is 24.8 Å². The summed E-state index contributed by atoms with van der Waals surface area (Å²) in [5, 5.41) is 7.04. The molecule has 1 fully saturated rings. The second-order valence-corrected chi connectivity index (χ2v) is 9.97. The monoisotopic (exact) mass is 540 g/mol. The zero-order valence-corrected chi connectivity index (χ0v) is 22.5. The van der Waals surface area contributed by atoms with Crippen LogP contribution in [0.25, 0.3) is 0 Å². The topological polar surface area (TPSA) is 77.1 Å². The van der Waals surface area contributed by atoms with Crippen molar-refractivity contribution >= 4 is 23.2 Å². The maximum atomic E-state index is 13.6. The van der Waals surface area contributed by atoms with Crippen molar-refractivity contribution in [2.24, 2.45) is 0 Å². The third kappa shape index (κ3) is 7.04. The second kappa shape index (κ2) is 13.3. The number of amides is 2. The Morgan fingerprint density at radius 1 is 1.05 bits per heavy atom. The Hall–Kier alpha value is -3.59. The quantitative estimate of drug-likeness (QED) is 0.379. The first kappa shape index (κ1) is 27.4. The van der Waals surface area contributed by atoms with Crippen LogP contribution in [0.3, 0.4) is 0 Å². The van der Waals surface area contributed by atoms with Gasteiger partial charge in [-0.15, -0.1) is 0 Å². The molecule has 7 nitrogen and oxygen atoms in total. The van der Waals surface area contributed by atoms with Crippen LogP contribution < -0.4 is 19.5 Å². The molecule has 1 aliphatic rings. The number of nitrogens with zero attached hydrogens (tertiary/aromatic N) is 1. The fourth-order valence-corrected chi connectivity index (χ4v) is 5.24. The summed E-state index contributed by atoms with van der Waals surface area (Å²) in [6.45, 7) is 1.22. The molecule has 3 aromatic rings. The number of benzene rings is 2. The van der Waals surface area contributed by atoms with E-state index >= 15 is 0 Å². The summed E-state index contributed by atoms with van der Waals surface area (Å²) in [6.07, 6.45) is 3.07. The van der Waals surface area contributed by atoms with E-state index in [9.17, 15) is 14.0 Å². The number of nitrogens with one attached hydrogen (secondary N) is 1. The summed E-state index contributed by atoms with van der Waals surface area (Å²) in [4.78, 5) is 28.1. The van der Waals surface area contributed by atoms with Crippen molar-refractivity contribution in [3.63, 3.8) is 0 Å². The number of carbonyl (C=O) groups is 2. The van der Waals surface area contributed by atoms with E-state index in [1.54, 1.807) is 42.6 Å². The van der Waals surface area contributed by atoms with E-state index in [-0.39, 0.29) is 30.6 Å². The van der Waals surface area contributed by atoms with Gasteiger partial charge in [0.1, 0.15) is 11.9 Å². The van der Waals surface area contributed by atoms with Crippen LogP contribution in [0, 0.1) is 5.82 Å². The summed E-state index contributed by atoms with van der Waals surface area (Å²) < 4.78 is 30.7. The van der Waals surface area contributed by atoms with E-state index in [4.69, 9.17) is 14.2 Å². The Bertz CT molecular complexity index is 1190. The fraction of sp³-hybridized carbons (Fsp3) is 0.379. The largest absolute Gasteiger partial charge is 0.493 e. The first-order valence-electron chi connectivity index (χ1n) is 12.7. The van der Waals surface area contributed by atoms with Crippen LogP contribution in [0.4, 0.5) is 4.39 Å². The van der Waals surface area contributed by atoms with Crippen molar-refractivity contribution in [2.45, 2.75) is 44.7 Å². The van der Waals surface area contributed by atoms with Crippen molar-refractivity contribution in [1.29, 1.82) is 0 Å². The Morgan fingerprint density at radius 2 is 1.79 bits per heavy atom. The average Bonchev–Trinajstić information content (AvgIpc) is 3.35. The van der Waals surface area contributed by atoms with Crippen molar-refractivity contribution in [3.8, 4) is 17.2 Å². The Labute approximate surface area is 226 Å². The minimum absolute atomic E-state index is 0.0576. The normalized spacial score (nSPS) is 15.3. The summed E-state index contributed by atoms with van der Waals surface area (Å²) >= 11 is 1.64. The van der Waals surface area contributed by atoms with Gasteiger partial charge in [0.25, 0.3) is 0 Å². The van der Waals surface area contributed by atoms with Crippen molar-refractivity contribution in [1.82, 2.24) is 10.2 Å². The van der Waals surface area contributed by atoms with Crippen LogP contribution in [0.15, 0.2) is 53.2 Å². The summed E-state index contributed by atoms with van der Waals surface area (Å²) in [5.41, 5.74) is 2.62. The Balaban J connectivity index is 1.58. The molecule has 1 aliphatic heterocycles. The first-order chi connectivity index (χ1) is 18.5. The molecule has 0 saturated carbocycles. The highest BCUT2D eigenvalue weighted by molar-refractivity contribution is 7.07.